The van der Waals surface area contributed by atoms with E-state index < -0.39 is 61.1 Å². The molecule has 34 heavy (non-hydrogen) atoms. The second-order valence-corrected chi connectivity index (χ2v) is 7.23. The van der Waals surface area contributed by atoms with E-state index in [4.69, 9.17) is 0 Å². The average Bonchev–Trinajstić information content (AvgIpc) is 2.63. The number of halogens is 9. The molecule has 0 atom stereocenters. The number of rotatable bonds is 9. The number of Topliss-reactive ketones (excluding diaryl/α,β-unsaturated/α-hetero) is 1. The second-order valence-electron chi connectivity index (χ2n) is 7.23. The van der Waals surface area contributed by atoms with Crippen LogP contribution in [0.4, 0.5) is 39.5 Å². The number of carbonyl (C=O) groups excluding carboxylic acids is 1. The van der Waals surface area contributed by atoms with Crippen molar-refractivity contribution in [1.82, 2.24) is 5.32 Å². The molecule has 2 rings (SSSR count). The largest absolute Gasteiger partial charge is 0.573 e. The molecule has 0 unspecified atom stereocenters. The van der Waals surface area contributed by atoms with Crippen molar-refractivity contribution in [2.24, 2.45) is 0 Å². The maximum absolute atomic E-state index is 12.8. The lowest BCUT2D eigenvalue weighted by Crippen LogP contribution is -2.46. The number of nitrogens with one attached hydrogen (secondary N) is 1. The van der Waals surface area contributed by atoms with Crippen molar-refractivity contribution in [2.75, 3.05) is 6.54 Å². The Morgan fingerprint density at radius 3 is 1.59 bits per heavy atom. The van der Waals surface area contributed by atoms with Gasteiger partial charge in [-0.15, -0.1) is 26.3 Å². The first kappa shape index (κ1) is 27.3. The van der Waals surface area contributed by atoms with Gasteiger partial charge in [-0.1, -0.05) is 24.3 Å². The van der Waals surface area contributed by atoms with Crippen molar-refractivity contribution >= 4 is 5.78 Å². The third-order valence-corrected chi connectivity index (χ3v) is 4.47. The predicted octanol–water partition coefficient (Wildman–Crippen LogP) is 6.25. The van der Waals surface area contributed by atoms with Gasteiger partial charge in [0.1, 0.15) is 17.3 Å². The summed E-state index contributed by atoms with van der Waals surface area (Å²) in [5.74, 6) is -2.08. The highest BCUT2D eigenvalue weighted by atomic mass is 19.4. The lowest BCUT2D eigenvalue weighted by atomic mass is 9.78. The van der Waals surface area contributed by atoms with Crippen molar-refractivity contribution in [3.8, 4) is 11.5 Å². The standard InChI is InChI=1S/C21H18F9NO3/c1-13(32)12-18(31-9-8-19(22,23)24,14-4-2-6-16(10-14)33-20(25,26)27)15-5-3-7-17(11-15)34-21(28,29)30/h2-7,10-11,31H,8-9,12H2,1H3. The van der Waals surface area contributed by atoms with Crippen molar-refractivity contribution < 1.29 is 53.8 Å². The summed E-state index contributed by atoms with van der Waals surface area (Å²) in [6.45, 7) is 0.276. The molecule has 4 nitrogen and oxygen atoms in total. The number of benzene rings is 2. The van der Waals surface area contributed by atoms with Gasteiger partial charge in [-0.25, -0.2) is 0 Å². The van der Waals surface area contributed by atoms with Gasteiger partial charge in [-0.2, -0.15) is 13.2 Å². The number of hydrogen-bond donors (Lipinski definition) is 1. The van der Waals surface area contributed by atoms with Crippen LogP contribution < -0.4 is 14.8 Å². The summed E-state index contributed by atoms with van der Waals surface area (Å²) >= 11 is 0. The van der Waals surface area contributed by atoms with Gasteiger partial charge in [0.25, 0.3) is 0 Å². The Balaban J connectivity index is 2.66. The zero-order valence-electron chi connectivity index (χ0n) is 17.4. The zero-order chi connectivity index (χ0) is 25.8. The normalized spacial score (nSPS) is 13.0. The van der Waals surface area contributed by atoms with Gasteiger partial charge in [-0.05, 0) is 42.3 Å². The summed E-state index contributed by atoms with van der Waals surface area (Å²) in [4.78, 5) is 12.1. The van der Waals surface area contributed by atoms with Crippen LogP contribution >= 0.6 is 0 Å². The molecule has 0 aliphatic heterocycles. The Morgan fingerprint density at radius 1 is 0.794 bits per heavy atom. The summed E-state index contributed by atoms with van der Waals surface area (Å²) in [5, 5.41) is 2.52. The van der Waals surface area contributed by atoms with Crippen LogP contribution in [-0.2, 0) is 10.3 Å². The molecule has 0 saturated heterocycles. The van der Waals surface area contributed by atoms with E-state index in [2.05, 4.69) is 14.8 Å². The van der Waals surface area contributed by atoms with Crippen LogP contribution in [0.1, 0.15) is 30.9 Å². The average molecular weight is 503 g/mol. The van der Waals surface area contributed by atoms with Gasteiger partial charge in [-0.3, -0.25) is 4.79 Å². The van der Waals surface area contributed by atoms with E-state index in [9.17, 15) is 44.3 Å². The maximum Gasteiger partial charge on any atom is 0.573 e. The van der Waals surface area contributed by atoms with Crippen LogP contribution in [0.5, 0.6) is 11.5 Å². The Hall–Kier alpha value is -2.96. The number of ether oxygens (including phenoxy) is 2. The van der Waals surface area contributed by atoms with E-state index in [0.29, 0.717) is 0 Å². The molecular weight excluding hydrogens is 485 g/mol. The van der Waals surface area contributed by atoms with Crippen LogP contribution in [0.2, 0.25) is 0 Å². The molecule has 13 heteroatoms. The first-order valence-electron chi connectivity index (χ1n) is 9.53. The molecule has 0 radical (unpaired) electrons. The van der Waals surface area contributed by atoms with Crippen molar-refractivity contribution in [1.29, 1.82) is 0 Å². The molecule has 0 aromatic heterocycles. The molecule has 0 bridgehead atoms. The van der Waals surface area contributed by atoms with E-state index in [1.165, 1.54) is 12.1 Å². The Kier molecular flexibility index (Phi) is 8.12. The fourth-order valence-electron chi connectivity index (χ4n) is 3.35. The summed E-state index contributed by atoms with van der Waals surface area (Å²) in [6.07, 6.45) is -16.8. The molecule has 1 N–H and O–H groups in total. The monoisotopic (exact) mass is 503 g/mol. The number of alkyl halides is 9. The highest BCUT2D eigenvalue weighted by Gasteiger charge is 2.39. The van der Waals surface area contributed by atoms with Gasteiger partial charge in [0.15, 0.2) is 0 Å². The smallest absolute Gasteiger partial charge is 0.406 e. The summed E-state index contributed by atoms with van der Waals surface area (Å²) in [6, 6.07) is 8.17. The van der Waals surface area contributed by atoms with Crippen LogP contribution in [-0.4, -0.2) is 31.2 Å². The molecule has 0 spiro atoms. The molecule has 2 aromatic rings. The fraction of sp³-hybridized carbons (Fsp3) is 0.381. The van der Waals surface area contributed by atoms with Gasteiger partial charge < -0.3 is 14.8 Å². The summed E-state index contributed by atoms with van der Waals surface area (Å²) in [7, 11) is 0. The number of hydrogen-bond acceptors (Lipinski definition) is 4. The highest BCUT2D eigenvalue weighted by molar-refractivity contribution is 5.78. The second kappa shape index (κ2) is 10.1. The predicted molar refractivity (Wildman–Crippen MR) is 101 cm³/mol. The quantitative estimate of drug-likeness (QED) is 0.411. The topological polar surface area (TPSA) is 47.6 Å². The van der Waals surface area contributed by atoms with Crippen LogP contribution in [0, 0.1) is 0 Å². The molecule has 2 aromatic carbocycles. The van der Waals surface area contributed by atoms with E-state index in [0.717, 1.165) is 43.3 Å². The molecular formula is C21H18F9NO3. The third-order valence-electron chi connectivity index (χ3n) is 4.47. The van der Waals surface area contributed by atoms with Gasteiger partial charge >= 0.3 is 18.9 Å². The van der Waals surface area contributed by atoms with Crippen LogP contribution in [0.25, 0.3) is 0 Å². The summed E-state index contributed by atoms with van der Waals surface area (Å²) < 4.78 is 122. The molecule has 0 aliphatic carbocycles. The minimum atomic E-state index is -5.09. The minimum absolute atomic E-state index is 0.143. The minimum Gasteiger partial charge on any atom is -0.406 e. The number of carbonyl (C=O) groups is 1. The van der Waals surface area contributed by atoms with Crippen LogP contribution in [0.3, 0.4) is 0 Å². The summed E-state index contributed by atoms with van der Waals surface area (Å²) in [5.41, 5.74) is -2.22. The Morgan fingerprint density at radius 2 is 1.24 bits per heavy atom. The molecule has 188 valence electrons. The van der Waals surface area contributed by atoms with Crippen molar-refractivity contribution in [3.05, 3.63) is 59.7 Å². The Labute approximate surface area is 187 Å². The first-order chi connectivity index (χ1) is 15.5. The molecule has 0 heterocycles. The Bertz CT molecular complexity index is 925. The van der Waals surface area contributed by atoms with Gasteiger partial charge in [0, 0.05) is 13.0 Å². The SMILES string of the molecule is CC(=O)CC(NCCC(F)(F)F)(c1cccc(OC(F)(F)F)c1)c1cccc(OC(F)(F)F)c1. The van der Waals surface area contributed by atoms with Crippen molar-refractivity contribution in [2.45, 2.75) is 44.2 Å². The van der Waals surface area contributed by atoms with E-state index >= 15 is 0 Å². The maximum atomic E-state index is 12.8. The third kappa shape index (κ3) is 8.43. The highest BCUT2D eigenvalue weighted by Crippen LogP contribution is 2.38. The van der Waals surface area contributed by atoms with E-state index in [-0.39, 0.29) is 11.1 Å². The molecule has 0 fully saturated rings. The van der Waals surface area contributed by atoms with Crippen LogP contribution in [0.15, 0.2) is 48.5 Å². The van der Waals surface area contributed by atoms with E-state index in [1.807, 2.05) is 0 Å². The lowest BCUT2D eigenvalue weighted by Gasteiger charge is -2.36. The molecule has 0 aliphatic rings. The molecule has 0 amide bonds. The lowest BCUT2D eigenvalue weighted by molar-refractivity contribution is -0.275. The first-order valence-corrected chi connectivity index (χ1v) is 9.53. The zero-order valence-corrected chi connectivity index (χ0v) is 17.4. The van der Waals surface area contributed by atoms with Crippen molar-refractivity contribution in [3.63, 3.8) is 0 Å². The fourth-order valence-corrected chi connectivity index (χ4v) is 3.35. The van der Waals surface area contributed by atoms with E-state index in [1.54, 1.807) is 0 Å². The molecule has 0 saturated carbocycles. The van der Waals surface area contributed by atoms with Gasteiger partial charge in [0.2, 0.25) is 0 Å². The van der Waals surface area contributed by atoms with Gasteiger partial charge in [0.05, 0.1) is 12.0 Å². The number of ketones is 1.